The Balaban J connectivity index is 2.63. The molecule has 2 rings (SSSR count). The van der Waals surface area contributed by atoms with Gasteiger partial charge in [-0.25, -0.2) is 10.5 Å². The third kappa shape index (κ3) is 1.32. The molecule has 0 saturated carbocycles. The van der Waals surface area contributed by atoms with Crippen molar-refractivity contribution in [1.29, 1.82) is 0 Å². The van der Waals surface area contributed by atoms with Crippen LogP contribution in [0.4, 0.5) is 22.7 Å². The Morgan fingerprint density at radius 2 is 2.40 bits per heavy atom. The number of nitro groups is 1. The zero-order chi connectivity index (χ0) is 11.0. The van der Waals surface area contributed by atoms with Crippen LogP contribution < -0.4 is 21.8 Å². The third-order valence-corrected chi connectivity index (χ3v) is 2.11. The Kier molecular flexibility index (Phi) is 2.06. The first-order chi connectivity index (χ1) is 7.15. The molecule has 0 unspecified atom stereocenters. The number of benzene rings is 1. The molecule has 0 amide bonds. The summed E-state index contributed by atoms with van der Waals surface area (Å²) in [5.74, 6) is 5.26. The molecule has 0 aromatic heterocycles. The summed E-state index contributed by atoms with van der Waals surface area (Å²) in [5.41, 5.74) is 6.24. The van der Waals surface area contributed by atoms with Crippen LogP contribution in [0.5, 0.6) is 0 Å². The number of nitrogens with one attached hydrogen (secondary N) is 2. The van der Waals surface area contributed by atoms with Crippen LogP contribution in [0, 0.1) is 10.1 Å². The van der Waals surface area contributed by atoms with Crippen LogP contribution in [0.15, 0.2) is 12.1 Å². The van der Waals surface area contributed by atoms with E-state index < -0.39 is 4.92 Å². The summed E-state index contributed by atoms with van der Waals surface area (Å²) in [7, 11) is 1.56. The molecule has 1 aromatic carbocycles. The van der Waals surface area contributed by atoms with Crippen LogP contribution in [0.1, 0.15) is 0 Å². The molecule has 1 aliphatic heterocycles. The minimum Gasteiger partial charge on any atom is -0.322 e. The summed E-state index contributed by atoms with van der Waals surface area (Å²) < 4.78 is 0. The summed E-state index contributed by atoms with van der Waals surface area (Å²) in [6, 6.07) is 2.87. The molecule has 8 heteroatoms. The molecule has 1 aromatic rings. The van der Waals surface area contributed by atoms with E-state index in [4.69, 9.17) is 10.8 Å². The van der Waals surface area contributed by atoms with Gasteiger partial charge in [0.1, 0.15) is 5.69 Å². The van der Waals surface area contributed by atoms with Crippen LogP contribution in [0.25, 0.3) is 0 Å². The Morgan fingerprint density at radius 1 is 1.67 bits per heavy atom. The maximum Gasteiger partial charge on any atom is 0.297 e. The van der Waals surface area contributed by atoms with Crippen LogP contribution in [0.2, 0.25) is 0 Å². The minimum absolute atomic E-state index is 0.0449. The standard InChI is InChI=1S/C7H9N5O3/c1-11-7-5(12(13)14)3-2-4(9-8)6(7)10-15-11/h2-3,9-10H,8H2,1H3. The number of nitro benzene ring substituents is 1. The van der Waals surface area contributed by atoms with E-state index in [1.54, 1.807) is 7.05 Å². The van der Waals surface area contributed by atoms with E-state index in [0.717, 1.165) is 0 Å². The lowest BCUT2D eigenvalue weighted by atomic mass is 10.2. The second kappa shape index (κ2) is 3.26. The van der Waals surface area contributed by atoms with E-state index in [1.807, 2.05) is 0 Å². The SMILES string of the molecule is CN1ONc2c(NN)ccc([N+](=O)[O-])c21. The molecular weight excluding hydrogens is 202 g/mol. The lowest BCUT2D eigenvalue weighted by Gasteiger charge is -2.08. The Morgan fingerprint density at radius 3 is 3.00 bits per heavy atom. The Bertz CT molecular complexity index is 421. The van der Waals surface area contributed by atoms with Crippen molar-refractivity contribution in [2.45, 2.75) is 0 Å². The van der Waals surface area contributed by atoms with Crippen molar-refractivity contribution in [2.75, 3.05) is 23.0 Å². The highest BCUT2D eigenvalue weighted by atomic mass is 16.8. The van der Waals surface area contributed by atoms with Gasteiger partial charge in [-0.15, -0.1) is 0 Å². The zero-order valence-corrected chi connectivity index (χ0v) is 7.85. The van der Waals surface area contributed by atoms with Crippen molar-refractivity contribution >= 4 is 22.7 Å². The van der Waals surface area contributed by atoms with E-state index in [0.29, 0.717) is 17.1 Å². The number of hydrogen-bond acceptors (Lipinski definition) is 7. The largest absolute Gasteiger partial charge is 0.322 e. The van der Waals surface area contributed by atoms with Gasteiger partial charge in [-0.3, -0.25) is 16.0 Å². The monoisotopic (exact) mass is 211 g/mol. The highest BCUT2D eigenvalue weighted by molar-refractivity contribution is 5.89. The van der Waals surface area contributed by atoms with Crippen molar-refractivity contribution < 1.29 is 9.86 Å². The number of nitrogen functional groups attached to an aromatic ring is 1. The number of nitrogens with two attached hydrogens (primary N) is 1. The smallest absolute Gasteiger partial charge is 0.297 e. The Labute approximate surface area is 84.6 Å². The topological polar surface area (TPSA) is 106 Å². The van der Waals surface area contributed by atoms with E-state index >= 15 is 0 Å². The highest BCUT2D eigenvalue weighted by Gasteiger charge is 2.29. The van der Waals surface area contributed by atoms with Crippen LogP contribution in [-0.4, -0.2) is 12.0 Å². The third-order valence-electron chi connectivity index (χ3n) is 2.11. The van der Waals surface area contributed by atoms with Crippen LogP contribution in [-0.2, 0) is 4.94 Å². The van der Waals surface area contributed by atoms with E-state index in [-0.39, 0.29) is 5.69 Å². The van der Waals surface area contributed by atoms with Gasteiger partial charge in [0.2, 0.25) is 0 Å². The molecule has 0 bridgehead atoms. The number of hydroxylamine groups is 1. The van der Waals surface area contributed by atoms with Gasteiger partial charge in [0.05, 0.1) is 10.6 Å². The first-order valence-electron chi connectivity index (χ1n) is 4.10. The quantitative estimate of drug-likeness (QED) is 0.373. The molecule has 0 radical (unpaired) electrons. The number of hydrogen-bond donors (Lipinski definition) is 3. The molecule has 4 N–H and O–H groups in total. The summed E-state index contributed by atoms with van der Waals surface area (Å²) in [6.45, 7) is 0. The molecule has 0 spiro atoms. The molecule has 1 heterocycles. The van der Waals surface area contributed by atoms with E-state index in [1.165, 1.54) is 17.2 Å². The average molecular weight is 211 g/mol. The zero-order valence-electron chi connectivity index (χ0n) is 7.85. The number of nitrogens with zero attached hydrogens (tertiary/aromatic N) is 2. The molecule has 0 fully saturated rings. The molecule has 0 saturated heterocycles. The normalized spacial score (nSPS) is 13.3. The fourth-order valence-electron chi connectivity index (χ4n) is 1.43. The molecule has 0 atom stereocenters. The van der Waals surface area contributed by atoms with Crippen molar-refractivity contribution in [1.82, 2.24) is 0 Å². The summed E-state index contributed by atoms with van der Waals surface area (Å²) in [4.78, 5) is 15.2. The molecule has 1 aliphatic rings. The van der Waals surface area contributed by atoms with Gasteiger partial charge >= 0.3 is 0 Å². The van der Waals surface area contributed by atoms with Crippen LogP contribution >= 0.6 is 0 Å². The highest BCUT2D eigenvalue weighted by Crippen LogP contribution is 2.43. The van der Waals surface area contributed by atoms with Gasteiger partial charge < -0.3 is 5.43 Å². The second-order valence-corrected chi connectivity index (χ2v) is 2.95. The lowest BCUT2D eigenvalue weighted by Crippen LogP contribution is -2.13. The lowest BCUT2D eigenvalue weighted by molar-refractivity contribution is -0.384. The van der Waals surface area contributed by atoms with Crippen molar-refractivity contribution in [3.05, 3.63) is 22.2 Å². The minimum atomic E-state index is -0.480. The first-order valence-corrected chi connectivity index (χ1v) is 4.10. The van der Waals surface area contributed by atoms with Crippen molar-refractivity contribution in [2.24, 2.45) is 5.84 Å². The Hall–Kier alpha value is -2.06. The van der Waals surface area contributed by atoms with Gasteiger partial charge in [-0.1, -0.05) is 0 Å². The first kappa shape index (κ1) is 9.49. The molecular formula is C7H9N5O3. The van der Waals surface area contributed by atoms with Gasteiger partial charge in [0.15, 0.2) is 5.69 Å². The second-order valence-electron chi connectivity index (χ2n) is 2.95. The number of hydrazine groups is 1. The van der Waals surface area contributed by atoms with Crippen LogP contribution in [0.3, 0.4) is 0 Å². The fourth-order valence-corrected chi connectivity index (χ4v) is 1.43. The van der Waals surface area contributed by atoms with Gasteiger partial charge in [0.25, 0.3) is 5.69 Å². The molecule has 8 nitrogen and oxygen atoms in total. The van der Waals surface area contributed by atoms with Crippen molar-refractivity contribution in [3.8, 4) is 0 Å². The number of rotatable bonds is 2. The molecule has 15 heavy (non-hydrogen) atoms. The summed E-state index contributed by atoms with van der Waals surface area (Å²) >= 11 is 0. The fraction of sp³-hybridized carbons (Fsp3) is 0.143. The molecule has 80 valence electrons. The maximum absolute atomic E-state index is 10.7. The predicted octanol–water partition coefficient (Wildman–Crippen LogP) is 0.589. The predicted molar refractivity (Wildman–Crippen MR) is 54.0 cm³/mol. The van der Waals surface area contributed by atoms with Gasteiger partial charge in [-0.2, -0.15) is 4.94 Å². The maximum atomic E-state index is 10.7. The number of anilines is 3. The van der Waals surface area contributed by atoms with Crippen molar-refractivity contribution in [3.63, 3.8) is 0 Å². The summed E-state index contributed by atoms with van der Waals surface area (Å²) in [5, 5.41) is 12.0. The van der Waals surface area contributed by atoms with Gasteiger partial charge in [-0.05, 0) is 6.07 Å². The summed E-state index contributed by atoms with van der Waals surface area (Å²) in [6.07, 6.45) is 0. The van der Waals surface area contributed by atoms with Gasteiger partial charge in [0, 0.05) is 13.1 Å². The molecule has 0 aliphatic carbocycles. The average Bonchev–Trinajstić information content (AvgIpc) is 2.60. The van der Waals surface area contributed by atoms with E-state index in [9.17, 15) is 10.1 Å². The van der Waals surface area contributed by atoms with E-state index in [2.05, 4.69) is 10.9 Å². The number of fused-ring (bicyclic) bond motifs is 1.